The number of nitrogens with one attached hydrogen (secondary N) is 2. The SMILES string of the molecule is CCCCC1(C(=O)NC(CC)c2nnc(-c3ccc(Cl)s3)[nH]c2=O)CCCCC1. The van der Waals surface area contributed by atoms with Crippen LogP contribution in [0.3, 0.4) is 0 Å². The van der Waals surface area contributed by atoms with Gasteiger partial charge >= 0.3 is 0 Å². The lowest BCUT2D eigenvalue weighted by Gasteiger charge is -2.37. The van der Waals surface area contributed by atoms with Crippen LogP contribution in [-0.4, -0.2) is 21.1 Å². The number of aromatic nitrogens is 3. The van der Waals surface area contributed by atoms with E-state index in [0.717, 1.165) is 49.8 Å². The van der Waals surface area contributed by atoms with Crippen LogP contribution < -0.4 is 10.9 Å². The van der Waals surface area contributed by atoms with Gasteiger partial charge in [-0.2, -0.15) is 0 Å². The Labute approximate surface area is 180 Å². The Morgan fingerprint density at radius 2 is 2.03 bits per heavy atom. The predicted octanol–water partition coefficient (Wildman–Crippen LogP) is 5.25. The Hall–Kier alpha value is -1.73. The van der Waals surface area contributed by atoms with E-state index >= 15 is 0 Å². The number of aromatic amines is 1. The minimum atomic E-state index is -0.444. The molecule has 0 spiro atoms. The van der Waals surface area contributed by atoms with Gasteiger partial charge in [0.05, 0.1) is 15.3 Å². The van der Waals surface area contributed by atoms with Crippen molar-refractivity contribution in [3.8, 4) is 10.7 Å². The number of thiophene rings is 1. The van der Waals surface area contributed by atoms with Gasteiger partial charge in [0.15, 0.2) is 11.5 Å². The quantitative estimate of drug-likeness (QED) is 0.591. The zero-order valence-electron chi connectivity index (χ0n) is 17.1. The predicted molar refractivity (Wildman–Crippen MR) is 117 cm³/mol. The van der Waals surface area contributed by atoms with Crippen LogP contribution in [0.1, 0.15) is 83.4 Å². The van der Waals surface area contributed by atoms with Gasteiger partial charge in [0.1, 0.15) is 0 Å². The fourth-order valence-corrected chi connectivity index (χ4v) is 5.12. The van der Waals surface area contributed by atoms with Crippen molar-refractivity contribution in [1.29, 1.82) is 0 Å². The molecule has 6 nitrogen and oxygen atoms in total. The molecule has 29 heavy (non-hydrogen) atoms. The second-order valence-corrected chi connectivity index (χ2v) is 9.59. The molecular weight excluding hydrogens is 408 g/mol. The van der Waals surface area contributed by atoms with Gasteiger partial charge in [-0.1, -0.05) is 57.6 Å². The van der Waals surface area contributed by atoms with E-state index in [1.807, 2.05) is 6.92 Å². The van der Waals surface area contributed by atoms with Gasteiger partial charge in [-0.05, 0) is 37.8 Å². The lowest BCUT2D eigenvalue weighted by atomic mass is 9.70. The normalized spacial score (nSPS) is 17.1. The molecule has 2 N–H and O–H groups in total. The first-order chi connectivity index (χ1) is 14.0. The van der Waals surface area contributed by atoms with Crippen LogP contribution in [0.25, 0.3) is 10.7 Å². The molecule has 0 aliphatic heterocycles. The molecule has 1 fully saturated rings. The van der Waals surface area contributed by atoms with E-state index in [4.69, 9.17) is 11.6 Å². The van der Waals surface area contributed by atoms with Crippen molar-refractivity contribution in [3.05, 3.63) is 32.5 Å². The van der Waals surface area contributed by atoms with Gasteiger partial charge < -0.3 is 10.3 Å². The number of carbonyl (C=O) groups is 1. The van der Waals surface area contributed by atoms with Gasteiger partial charge in [0.25, 0.3) is 5.56 Å². The summed E-state index contributed by atoms with van der Waals surface area (Å²) in [5.74, 6) is 0.455. The van der Waals surface area contributed by atoms with Gasteiger partial charge in [-0.15, -0.1) is 21.5 Å². The third-order valence-electron chi connectivity index (χ3n) is 5.87. The monoisotopic (exact) mass is 436 g/mol. The summed E-state index contributed by atoms with van der Waals surface area (Å²) in [6.45, 7) is 4.10. The fraction of sp³-hybridized carbons (Fsp3) is 0.619. The Balaban J connectivity index is 1.79. The molecule has 1 aliphatic carbocycles. The molecule has 8 heteroatoms. The topological polar surface area (TPSA) is 87.7 Å². The number of hydrogen-bond acceptors (Lipinski definition) is 5. The number of unbranched alkanes of at least 4 members (excludes halogenated alkanes) is 1. The molecule has 2 heterocycles. The first-order valence-corrected chi connectivity index (χ1v) is 11.7. The molecule has 0 radical (unpaired) electrons. The first kappa shape index (κ1) is 22.0. The third-order valence-corrected chi connectivity index (χ3v) is 7.11. The summed E-state index contributed by atoms with van der Waals surface area (Å²) >= 11 is 7.29. The van der Waals surface area contributed by atoms with Crippen molar-refractivity contribution in [3.63, 3.8) is 0 Å². The van der Waals surface area contributed by atoms with Crippen LogP contribution >= 0.6 is 22.9 Å². The summed E-state index contributed by atoms with van der Waals surface area (Å²) in [5, 5.41) is 11.5. The summed E-state index contributed by atoms with van der Waals surface area (Å²) in [5.41, 5.74) is -0.373. The molecule has 158 valence electrons. The van der Waals surface area contributed by atoms with Crippen LogP contribution in [-0.2, 0) is 4.79 Å². The number of halogens is 1. The Morgan fingerprint density at radius 3 is 2.62 bits per heavy atom. The first-order valence-electron chi connectivity index (χ1n) is 10.5. The molecule has 1 unspecified atom stereocenters. The van der Waals surface area contributed by atoms with Crippen LogP contribution in [0.4, 0.5) is 0 Å². The average molecular weight is 437 g/mol. The minimum absolute atomic E-state index is 0.0628. The van der Waals surface area contributed by atoms with Gasteiger partial charge in [0, 0.05) is 5.41 Å². The van der Waals surface area contributed by atoms with Crippen molar-refractivity contribution in [2.24, 2.45) is 5.41 Å². The summed E-state index contributed by atoms with van der Waals surface area (Å²) in [6, 6.07) is 3.11. The van der Waals surface area contributed by atoms with Crippen molar-refractivity contribution in [2.75, 3.05) is 0 Å². The van der Waals surface area contributed by atoms with Gasteiger partial charge in [-0.25, -0.2) is 0 Å². The Kier molecular flexibility index (Phi) is 7.46. The van der Waals surface area contributed by atoms with Crippen LogP contribution in [0.2, 0.25) is 4.34 Å². The molecule has 2 aromatic heterocycles. The molecule has 0 aromatic carbocycles. The Bertz CT molecular complexity index is 889. The lowest BCUT2D eigenvalue weighted by Crippen LogP contribution is -2.45. The maximum atomic E-state index is 13.3. The van der Waals surface area contributed by atoms with E-state index in [-0.39, 0.29) is 22.6 Å². The standard InChI is InChI=1S/C21H29ClN4O2S/c1-3-5-11-21(12-7-6-8-13-21)20(28)23-14(4-2)17-19(27)24-18(26-25-17)15-9-10-16(22)29-15/h9-10,14H,3-8,11-13H2,1-2H3,(H,23,28)(H,24,26,27). The fourth-order valence-electron chi connectivity index (χ4n) is 4.14. The summed E-state index contributed by atoms with van der Waals surface area (Å²) in [4.78, 5) is 29.5. The second kappa shape index (κ2) is 9.85. The van der Waals surface area contributed by atoms with Crippen molar-refractivity contribution >= 4 is 28.8 Å². The van der Waals surface area contributed by atoms with Crippen molar-refractivity contribution in [2.45, 2.75) is 77.7 Å². The van der Waals surface area contributed by atoms with E-state index in [1.165, 1.54) is 17.8 Å². The largest absolute Gasteiger partial charge is 0.347 e. The van der Waals surface area contributed by atoms with Crippen molar-refractivity contribution in [1.82, 2.24) is 20.5 Å². The van der Waals surface area contributed by atoms with Crippen LogP contribution in [0.5, 0.6) is 0 Å². The highest BCUT2D eigenvalue weighted by Gasteiger charge is 2.39. The molecule has 3 rings (SSSR count). The number of H-pyrrole nitrogens is 1. The zero-order chi connectivity index (χ0) is 20.9. The summed E-state index contributed by atoms with van der Waals surface area (Å²) < 4.78 is 0.621. The highest BCUT2D eigenvalue weighted by Crippen LogP contribution is 2.41. The molecule has 2 aromatic rings. The van der Waals surface area contributed by atoms with Crippen LogP contribution in [0, 0.1) is 5.41 Å². The van der Waals surface area contributed by atoms with E-state index in [9.17, 15) is 9.59 Å². The number of nitrogens with zero attached hydrogens (tertiary/aromatic N) is 2. The lowest BCUT2D eigenvalue weighted by molar-refractivity contribution is -0.134. The molecule has 1 amide bonds. The maximum absolute atomic E-state index is 13.3. The zero-order valence-corrected chi connectivity index (χ0v) is 18.7. The number of amides is 1. The van der Waals surface area contributed by atoms with E-state index in [2.05, 4.69) is 27.4 Å². The summed E-state index contributed by atoms with van der Waals surface area (Å²) in [7, 11) is 0. The van der Waals surface area contributed by atoms with Gasteiger partial charge in [0.2, 0.25) is 5.91 Å². The van der Waals surface area contributed by atoms with Crippen LogP contribution in [0.15, 0.2) is 16.9 Å². The highest BCUT2D eigenvalue weighted by molar-refractivity contribution is 7.19. The minimum Gasteiger partial charge on any atom is -0.347 e. The molecule has 1 atom stereocenters. The molecule has 0 saturated heterocycles. The molecular formula is C21H29ClN4O2S. The smallest absolute Gasteiger partial charge is 0.275 e. The van der Waals surface area contributed by atoms with Gasteiger partial charge in [-0.3, -0.25) is 9.59 Å². The van der Waals surface area contributed by atoms with E-state index in [1.54, 1.807) is 12.1 Å². The number of rotatable bonds is 8. The number of hydrogen-bond donors (Lipinski definition) is 2. The maximum Gasteiger partial charge on any atom is 0.275 e. The molecule has 1 saturated carbocycles. The number of carbonyl (C=O) groups excluding carboxylic acids is 1. The Morgan fingerprint density at radius 1 is 1.28 bits per heavy atom. The molecule has 1 aliphatic rings. The van der Waals surface area contributed by atoms with Crippen molar-refractivity contribution < 1.29 is 4.79 Å². The second-order valence-electron chi connectivity index (χ2n) is 7.87. The summed E-state index contributed by atoms with van der Waals surface area (Å²) in [6.07, 6.45) is 8.83. The third kappa shape index (κ3) is 5.07. The van der Waals surface area contributed by atoms with E-state index in [0.29, 0.717) is 16.6 Å². The average Bonchev–Trinajstić information content (AvgIpc) is 3.17. The molecule has 0 bridgehead atoms. The highest BCUT2D eigenvalue weighted by atomic mass is 35.5. The van der Waals surface area contributed by atoms with E-state index < -0.39 is 6.04 Å².